The van der Waals surface area contributed by atoms with Crippen molar-refractivity contribution in [1.82, 2.24) is 8.97 Å². The highest BCUT2D eigenvalue weighted by Gasteiger charge is 2.00. The van der Waals surface area contributed by atoms with Gasteiger partial charge in [0.15, 0.2) is 0 Å². The summed E-state index contributed by atoms with van der Waals surface area (Å²) in [6.07, 6.45) is 3.24. The first-order chi connectivity index (χ1) is 6.74. The van der Waals surface area contributed by atoms with Gasteiger partial charge in [-0.15, -0.1) is 0 Å². The van der Waals surface area contributed by atoms with Gasteiger partial charge < -0.3 is 4.57 Å². The third-order valence-corrected chi connectivity index (χ3v) is 2.21. The lowest BCUT2D eigenvalue weighted by Crippen LogP contribution is -2.25. The number of nitrogens with zero attached hydrogens (tertiary/aromatic N) is 2. The van der Waals surface area contributed by atoms with Gasteiger partial charge in [0, 0.05) is 25.0 Å². The summed E-state index contributed by atoms with van der Waals surface area (Å²) in [5.41, 5.74) is 0.109. The van der Waals surface area contributed by atoms with Crippen LogP contribution >= 0.6 is 0 Å². The lowest BCUT2D eigenvalue weighted by Gasteiger charge is -2.03. The Morgan fingerprint density at radius 1 is 1.21 bits per heavy atom. The fraction of sp³-hybridized carbons (Fsp3) is 0.200. The summed E-state index contributed by atoms with van der Waals surface area (Å²) < 4.78 is 2.92. The summed E-state index contributed by atoms with van der Waals surface area (Å²) in [6, 6.07) is 4.68. The van der Waals surface area contributed by atoms with Gasteiger partial charge in [-0.3, -0.25) is 14.0 Å². The largest absolute Gasteiger partial charge is 0.313 e. The summed E-state index contributed by atoms with van der Waals surface area (Å²) in [7, 11) is 0. The first-order valence-electron chi connectivity index (χ1n) is 4.45. The molecule has 2 aromatic heterocycles. The van der Waals surface area contributed by atoms with E-state index in [1.54, 1.807) is 29.1 Å². The van der Waals surface area contributed by atoms with Crippen LogP contribution in [0.1, 0.15) is 6.92 Å². The van der Waals surface area contributed by atoms with Crippen LogP contribution in [-0.2, 0) is 6.54 Å². The van der Waals surface area contributed by atoms with Crippen LogP contribution in [0, 0.1) is 0 Å². The van der Waals surface area contributed by atoms with Crippen molar-refractivity contribution in [2.75, 3.05) is 0 Å². The molecule has 0 amide bonds. The van der Waals surface area contributed by atoms with E-state index in [1.165, 1.54) is 10.5 Å². The van der Waals surface area contributed by atoms with E-state index in [4.69, 9.17) is 0 Å². The van der Waals surface area contributed by atoms with E-state index in [2.05, 4.69) is 0 Å². The smallest absolute Gasteiger partial charge is 0.274 e. The minimum absolute atomic E-state index is 0.132. The number of rotatable bonds is 1. The van der Waals surface area contributed by atoms with Gasteiger partial charge >= 0.3 is 0 Å². The standard InChI is InChI=1S/C10H10N2O2/c1-2-11-6-7-12-8(10(11)14)4-3-5-9(12)13/h3-7H,2H2,1H3. The molecule has 2 heterocycles. The zero-order valence-corrected chi connectivity index (χ0v) is 7.80. The minimum Gasteiger partial charge on any atom is -0.313 e. The molecule has 14 heavy (non-hydrogen) atoms. The Labute approximate surface area is 80.0 Å². The van der Waals surface area contributed by atoms with Gasteiger partial charge in [0.1, 0.15) is 5.52 Å². The molecule has 2 rings (SSSR count). The van der Waals surface area contributed by atoms with E-state index < -0.39 is 0 Å². The lowest BCUT2D eigenvalue weighted by molar-refractivity contribution is 0.719. The van der Waals surface area contributed by atoms with Crippen molar-refractivity contribution in [3.05, 3.63) is 51.3 Å². The average molecular weight is 190 g/mol. The maximum Gasteiger partial charge on any atom is 0.274 e. The Morgan fingerprint density at radius 2 is 2.00 bits per heavy atom. The topological polar surface area (TPSA) is 43.5 Å². The zero-order valence-electron chi connectivity index (χ0n) is 7.80. The van der Waals surface area contributed by atoms with Crippen LogP contribution in [0.2, 0.25) is 0 Å². The van der Waals surface area contributed by atoms with Crippen LogP contribution in [0.15, 0.2) is 40.2 Å². The fourth-order valence-electron chi connectivity index (χ4n) is 1.44. The Balaban J connectivity index is 2.98. The Hall–Kier alpha value is -1.84. The molecule has 72 valence electrons. The van der Waals surface area contributed by atoms with Crippen molar-refractivity contribution in [2.24, 2.45) is 0 Å². The highest BCUT2D eigenvalue weighted by atomic mass is 16.1. The zero-order chi connectivity index (χ0) is 10.1. The number of fused-ring (bicyclic) bond motifs is 1. The van der Waals surface area contributed by atoms with Gasteiger partial charge in [-0.05, 0) is 13.0 Å². The third kappa shape index (κ3) is 1.16. The van der Waals surface area contributed by atoms with E-state index in [9.17, 15) is 9.59 Å². The Bertz CT molecular complexity index is 580. The average Bonchev–Trinajstić information content (AvgIpc) is 2.20. The summed E-state index contributed by atoms with van der Waals surface area (Å²) >= 11 is 0. The van der Waals surface area contributed by atoms with E-state index >= 15 is 0 Å². The van der Waals surface area contributed by atoms with Crippen molar-refractivity contribution in [1.29, 1.82) is 0 Å². The summed E-state index contributed by atoms with van der Waals surface area (Å²) in [4.78, 5) is 23.1. The Morgan fingerprint density at radius 3 is 2.71 bits per heavy atom. The molecule has 0 aliphatic rings. The number of aromatic nitrogens is 2. The Kier molecular flexibility index (Phi) is 1.96. The molecule has 0 fully saturated rings. The van der Waals surface area contributed by atoms with E-state index in [0.717, 1.165) is 0 Å². The van der Waals surface area contributed by atoms with Gasteiger partial charge in [0.2, 0.25) is 0 Å². The molecule has 0 radical (unpaired) electrons. The van der Waals surface area contributed by atoms with Crippen molar-refractivity contribution in [3.8, 4) is 0 Å². The second-order valence-electron chi connectivity index (χ2n) is 3.01. The molecule has 2 aromatic rings. The quantitative estimate of drug-likeness (QED) is 0.656. The maximum absolute atomic E-state index is 11.7. The van der Waals surface area contributed by atoms with Gasteiger partial charge in [0.05, 0.1) is 0 Å². The molecule has 0 spiro atoms. The molecule has 0 aromatic carbocycles. The van der Waals surface area contributed by atoms with Crippen molar-refractivity contribution in [2.45, 2.75) is 13.5 Å². The van der Waals surface area contributed by atoms with Crippen LogP contribution in [0.25, 0.3) is 5.52 Å². The number of aryl methyl sites for hydroxylation is 1. The SMILES string of the molecule is CCn1ccn2c(=O)cccc2c1=O. The molecule has 0 bridgehead atoms. The highest BCUT2D eigenvalue weighted by Crippen LogP contribution is 1.92. The van der Waals surface area contributed by atoms with Gasteiger partial charge in [-0.25, -0.2) is 0 Å². The van der Waals surface area contributed by atoms with Crippen molar-refractivity contribution >= 4 is 5.52 Å². The molecule has 4 heteroatoms. The molecule has 0 N–H and O–H groups in total. The van der Waals surface area contributed by atoms with Crippen LogP contribution in [-0.4, -0.2) is 8.97 Å². The molecule has 4 nitrogen and oxygen atoms in total. The van der Waals surface area contributed by atoms with E-state index in [-0.39, 0.29) is 11.1 Å². The summed E-state index contributed by atoms with van der Waals surface area (Å²) in [5, 5.41) is 0. The van der Waals surface area contributed by atoms with Gasteiger partial charge in [0.25, 0.3) is 11.1 Å². The lowest BCUT2D eigenvalue weighted by atomic mass is 10.4. The summed E-state index contributed by atoms with van der Waals surface area (Å²) in [5.74, 6) is 0. The van der Waals surface area contributed by atoms with Gasteiger partial charge in [-0.1, -0.05) is 6.07 Å². The number of pyridine rings is 1. The molecule has 0 atom stereocenters. The second kappa shape index (κ2) is 3.14. The van der Waals surface area contributed by atoms with Crippen LogP contribution in [0.5, 0.6) is 0 Å². The molecular weight excluding hydrogens is 180 g/mol. The van der Waals surface area contributed by atoms with E-state index in [1.807, 2.05) is 6.92 Å². The highest BCUT2D eigenvalue weighted by molar-refractivity contribution is 5.43. The second-order valence-corrected chi connectivity index (χ2v) is 3.01. The molecule has 0 aliphatic heterocycles. The van der Waals surface area contributed by atoms with Crippen molar-refractivity contribution < 1.29 is 0 Å². The number of hydrogen-bond donors (Lipinski definition) is 0. The monoisotopic (exact) mass is 190 g/mol. The molecule has 0 unspecified atom stereocenters. The van der Waals surface area contributed by atoms with Crippen LogP contribution in [0.4, 0.5) is 0 Å². The first-order valence-corrected chi connectivity index (χ1v) is 4.45. The van der Waals surface area contributed by atoms with Crippen molar-refractivity contribution in [3.63, 3.8) is 0 Å². The van der Waals surface area contributed by atoms with Gasteiger partial charge in [-0.2, -0.15) is 0 Å². The third-order valence-electron chi connectivity index (χ3n) is 2.21. The molecule has 0 saturated carbocycles. The predicted octanol–water partition coefficient (Wildman–Crippen LogP) is 0.481. The fourth-order valence-corrected chi connectivity index (χ4v) is 1.44. The molecular formula is C10H10N2O2. The predicted molar refractivity (Wildman–Crippen MR) is 53.6 cm³/mol. The normalized spacial score (nSPS) is 10.6. The van der Waals surface area contributed by atoms with Crippen LogP contribution in [0.3, 0.4) is 0 Å². The maximum atomic E-state index is 11.7. The molecule has 0 aliphatic carbocycles. The number of hydrogen-bond acceptors (Lipinski definition) is 2. The minimum atomic E-state index is -0.178. The summed E-state index contributed by atoms with van der Waals surface area (Å²) in [6.45, 7) is 2.50. The van der Waals surface area contributed by atoms with E-state index in [0.29, 0.717) is 12.1 Å². The molecule has 0 saturated heterocycles. The van der Waals surface area contributed by atoms with Crippen LogP contribution < -0.4 is 11.1 Å². The first kappa shape index (κ1) is 8.74.